The highest BCUT2D eigenvalue weighted by atomic mass is 32.1. The Morgan fingerprint density at radius 3 is 2.85 bits per heavy atom. The van der Waals surface area contributed by atoms with Crippen LogP contribution in [-0.4, -0.2) is 42.8 Å². The quantitative estimate of drug-likeness (QED) is 0.622. The molecule has 7 heteroatoms. The first kappa shape index (κ1) is 18.5. The molecule has 3 rings (SSSR count). The first-order valence-corrected chi connectivity index (χ1v) is 9.69. The number of hydrogen-bond donors (Lipinski definition) is 1. The predicted octanol–water partition coefficient (Wildman–Crippen LogP) is 3.13. The summed E-state index contributed by atoms with van der Waals surface area (Å²) in [6.07, 6.45) is 0.921. The Morgan fingerprint density at radius 2 is 2.12 bits per heavy atom. The van der Waals surface area contributed by atoms with Gasteiger partial charge in [0, 0.05) is 38.0 Å². The number of thiazole rings is 1. The molecule has 1 N–H and O–H groups in total. The summed E-state index contributed by atoms with van der Waals surface area (Å²) in [5, 5.41) is 4.49. The molecule has 1 aromatic carbocycles. The van der Waals surface area contributed by atoms with Crippen molar-refractivity contribution in [2.45, 2.75) is 33.7 Å². The number of nitrogens with one attached hydrogen (secondary N) is 1. The second-order valence-electron chi connectivity index (χ2n) is 6.27. The molecule has 0 atom stereocenters. The summed E-state index contributed by atoms with van der Waals surface area (Å²) in [7, 11) is 2.05. The monoisotopic (exact) mass is 374 g/mol. The highest BCUT2D eigenvalue weighted by molar-refractivity contribution is 7.11. The van der Waals surface area contributed by atoms with Gasteiger partial charge in [-0.2, -0.15) is 0 Å². The normalized spacial score (nSPS) is 13.2. The number of guanidine groups is 1. The fourth-order valence-corrected chi connectivity index (χ4v) is 3.85. The van der Waals surface area contributed by atoms with Crippen LogP contribution in [0.3, 0.4) is 0 Å². The summed E-state index contributed by atoms with van der Waals surface area (Å²) in [5.41, 5.74) is 2.29. The lowest BCUT2D eigenvalue weighted by atomic mass is 10.2. The first-order chi connectivity index (χ1) is 12.6. The van der Waals surface area contributed by atoms with Crippen molar-refractivity contribution in [3.8, 4) is 11.5 Å². The van der Waals surface area contributed by atoms with Crippen molar-refractivity contribution < 1.29 is 9.47 Å². The number of benzene rings is 1. The van der Waals surface area contributed by atoms with Gasteiger partial charge < -0.3 is 19.7 Å². The molecular formula is C19H26N4O2S. The van der Waals surface area contributed by atoms with Gasteiger partial charge in [0.15, 0.2) is 17.5 Å². The molecule has 0 amide bonds. The van der Waals surface area contributed by atoms with Gasteiger partial charge in [-0.1, -0.05) is 6.07 Å². The molecular weight excluding hydrogens is 348 g/mol. The number of aromatic nitrogens is 1. The van der Waals surface area contributed by atoms with Gasteiger partial charge in [-0.3, -0.25) is 4.99 Å². The van der Waals surface area contributed by atoms with Crippen LogP contribution in [0.1, 0.15) is 28.1 Å². The Bertz CT molecular complexity index is 788. The number of rotatable bonds is 6. The van der Waals surface area contributed by atoms with E-state index in [1.807, 2.05) is 26.1 Å². The topological polar surface area (TPSA) is 59.0 Å². The van der Waals surface area contributed by atoms with Crippen molar-refractivity contribution in [2.24, 2.45) is 4.99 Å². The molecule has 1 aliphatic heterocycles. The number of aliphatic imine (C=N–C) groups is 1. The van der Waals surface area contributed by atoms with Gasteiger partial charge in [0.1, 0.15) is 0 Å². The van der Waals surface area contributed by atoms with Crippen LogP contribution in [0, 0.1) is 13.8 Å². The summed E-state index contributed by atoms with van der Waals surface area (Å²) in [6, 6.07) is 6.06. The molecule has 0 bridgehead atoms. The average molecular weight is 375 g/mol. The van der Waals surface area contributed by atoms with Gasteiger partial charge in [-0.05, 0) is 38.5 Å². The lowest BCUT2D eigenvalue weighted by molar-refractivity contribution is 0.174. The highest BCUT2D eigenvalue weighted by Crippen LogP contribution is 2.32. The van der Waals surface area contributed by atoms with E-state index in [0.717, 1.165) is 59.8 Å². The Balaban J connectivity index is 1.63. The van der Waals surface area contributed by atoms with E-state index in [-0.39, 0.29) is 0 Å². The summed E-state index contributed by atoms with van der Waals surface area (Å²) in [4.78, 5) is 12.7. The maximum Gasteiger partial charge on any atom is 0.231 e. The molecule has 2 heterocycles. The van der Waals surface area contributed by atoms with Crippen molar-refractivity contribution in [1.29, 1.82) is 0 Å². The molecule has 0 aliphatic carbocycles. The zero-order valence-corrected chi connectivity index (χ0v) is 16.7. The molecule has 0 radical (unpaired) electrons. The van der Waals surface area contributed by atoms with Crippen LogP contribution < -0.4 is 14.8 Å². The third kappa shape index (κ3) is 4.46. The summed E-state index contributed by atoms with van der Waals surface area (Å²) in [5.74, 6) is 2.53. The van der Waals surface area contributed by atoms with E-state index in [9.17, 15) is 0 Å². The second-order valence-corrected chi connectivity index (χ2v) is 7.56. The van der Waals surface area contributed by atoms with Gasteiger partial charge in [0.2, 0.25) is 6.79 Å². The van der Waals surface area contributed by atoms with Crippen LogP contribution in [0.5, 0.6) is 11.5 Å². The third-order valence-corrected chi connectivity index (χ3v) is 5.29. The van der Waals surface area contributed by atoms with Crippen molar-refractivity contribution in [3.63, 3.8) is 0 Å². The van der Waals surface area contributed by atoms with Crippen LogP contribution in [0.15, 0.2) is 23.2 Å². The number of ether oxygens (including phenoxy) is 2. The summed E-state index contributed by atoms with van der Waals surface area (Å²) < 4.78 is 10.8. The van der Waals surface area contributed by atoms with Crippen LogP contribution in [0.25, 0.3) is 0 Å². The fourth-order valence-electron chi connectivity index (χ4n) is 2.93. The van der Waals surface area contributed by atoms with E-state index in [4.69, 9.17) is 14.5 Å². The molecule has 1 aromatic heterocycles. The van der Waals surface area contributed by atoms with Gasteiger partial charge in [0.05, 0.1) is 10.7 Å². The second kappa shape index (κ2) is 8.40. The van der Waals surface area contributed by atoms with Crippen LogP contribution in [0.4, 0.5) is 0 Å². The summed E-state index contributed by atoms with van der Waals surface area (Å²) in [6.45, 7) is 8.84. The molecule has 2 aromatic rings. The highest BCUT2D eigenvalue weighted by Gasteiger charge is 2.14. The van der Waals surface area contributed by atoms with E-state index in [2.05, 4.69) is 35.1 Å². The smallest absolute Gasteiger partial charge is 0.231 e. The lowest BCUT2D eigenvalue weighted by Gasteiger charge is -2.22. The Kier molecular flexibility index (Phi) is 5.98. The molecule has 0 saturated heterocycles. The minimum atomic E-state index is 0.301. The third-order valence-electron chi connectivity index (χ3n) is 4.15. The molecule has 0 unspecified atom stereocenters. The first-order valence-electron chi connectivity index (χ1n) is 8.87. The Labute approximate surface area is 158 Å². The predicted molar refractivity (Wildman–Crippen MR) is 105 cm³/mol. The van der Waals surface area contributed by atoms with Gasteiger partial charge >= 0.3 is 0 Å². The van der Waals surface area contributed by atoms with E-state index in [1.54, 1.807) is 11.3 Å². The van der Waals surface area contributed by atoms with Gasteiger partial charge in [-0.25, -0.2) is 4.98 Å². The van der Waals surface area contributed by atoms with Crippen molar-refractivity contribution in [1.82, 2.24) is 15.2 Å². The van der Waals surface area contributed by atoms with Crippen LogP contribution >= 0.6 is 11.3 Å². The minimum absolute atomic E-state index is 0.301. The van der Waals surface area contributed by atoms with Gasteiger partial charge in [-0.15, -0.1) is 11.3 Å². The largest absolute Gasteiger partial charge is 0.454 e. The molecule has 0 saturated carbocycles. The number of hydrogen-bond acceptors (Lipinski definition) is 5. The maximum absolute atomic E-state index is 5.46. The minimum Gasteiger partial charge on any atom is -0.454 e. The number of nitrogens with zero attached hydrogens (tertiary/aromatic N) is 3. The fraction of sp³-hybridized carbons (Fsp3) is 0.474. The SMILES string of the molecule is CCNC(=NCCc1sc(C)nc1C)N(C)Cc1ccc2c(c1)OCO2. The molecule has 140 valence electrons. The molecule has 0 fully saturated rings. The summed E-state index contributed by atoms with van der Waals surface area (Å²) >= 11 is 1.76. The van der Waals surface area contributed by atoms with Crippen molar-refractivity contribution in [2.75, 3.05) is 26.9 Å². The lowest BCUT2D eigenvalue weighted by Crippen LogP contribution is -2.38. The van der Waals surface area contributed by atoms with E-state index in [0.29, 0.717) is 6.79 Å². The zero-order chi connectivity index (χ0) is 18.5. The van der Waals surface area contributed by atoms with Crippen molar-refractivity contribution >= 4 is 17.3 Å². The Hall–Kier alpha value is -2.28. The number of fused-ring (bicyclic) bond motifs is 1. The van der Waals surface area contributed by atoms with Crippen LogP contribution in [-0.2, 0) is 13.0 Å². The average Bonchev–Trinajstić information content (AvgIpc) is 3.19. The van der Waals surface area contributed by atoms with E-state index >= 15 is 0 Å². The zero-order valence-electron chi connectivity index (χ0n) is 15.8. The molecule has 0 spiro atoms. The maximum atomic E-state index is 5.46. The molecule has 1 aliphatic rings. The Morgan fingerprint density at radius 1 is 1.31 bits per heavy atom. The molecule has 26 heavy (non-hydrogen) atoms. The van der Waals surface area contributed by atoms with Crippen molar-refractivity contribution in [3.05, 3.63) is 39.3 Å². The van der Waals surface area contributed by atoms with E-state index in [1.165, 1.54) is 4.88 Å². The van der Waals surface area contributed by atoms with Gasteiger partial charge in [0.25, 0.3) is 0 Å². The van der Waals surface area contributed by atoms with E-state index < -0.39 is 0 Å². The number of aryl methyl sites for hydroxylation is 2. The van der Waals surface area contributed by atoms with Crippen LogP contribution in [0.2, 0.25) is 0 Å². The molecule has 6 nitrogen and oxygen atoms in total. The standard InChI is InChI=1S/C19H26N4O2S/c1-5-20-19(21-9-8-18-13(2)22-14(3)26-18)23(4)11-15-6-7-16-17(10-15)25-12-24-16/h6-7,10H,5,8-9,11-12H2,1-4H3,(H,20,21).